The number of nitrogens with zero attached hydrogens (tertiary/aromatic N) is 1. The van der Waals surface area contributed by atoms with Gasteiger partial charge in [0.25, 0.3) is 5.91 Å². The molecular formula is C19H30N2O2S. The summed E-state index contributed by atoms with van der Waals surface area (Å²) in [6, 6.07) is 8.31. The number of carbonyl (C=O) groups is 1. The summed E-state index contributed by atoms with van der Waals surface area (Å²) in [4.78, 5) is 15.0. The van der Waals surface area contributed by atoms with Gasteiger partial charge >= 0.3 is 0 Å². The number of carbonyl (C=O) groups excluding carboxylic acids is 1. The van der Waals surface area contributed by atoms with Crippen LogP contribution in [0.3, 0.4) is 0 Å². The summed E-state index contributed by atoms with van der Waals surface area (Å²) < 4.78 is 5.45. The Morgan fingerprint density at radius 1 is 1.33 bits per heavy atom. The molecule has 1 saturated heterocycles. The van der Waals surface area contributed by atoms with Gasteiger partial charge in [0.05, 0.1) is 13.2 Å². The Kier molecular flexibility index (Phi) is 8.09. The molecule has 4 nitrogen and oxygen atoms in total. The number of nitrogens with one attached hydrogen (secondary N) is 1. The maximum absolute atomic E-state index is 12.5. The van der Waals surface area contributed by atoms with E-state index in [4.69, 9.17) is 4.74 Å². The van der Waals surface area contributed by atoms with Crippen LogP contribution in [0.5, 0.6) is 0 Å². The molecule has 1 amide bonds. The minimum Gasteiger partial charge on any atom is -0.379 e. The Hall–Kier alpha value is -1.04. The molecule has 134 valence electrons. The second kappa shape index (κ2) is 10.1. The van der Waals surface area contributed by atoms with Crippen LogP contribution in [-0.2, 0) is 10.5 Å². The Bertz CT molecular complexity index is 516. The average Bonchev–Trinajstić information content (AvgIpc) is 2.59. The monoisotopic (exact) mass is 350 g/mol. The molecule has 1 aromatic carbocycles. The molecule has 1 N–H and O–H groups in total. The molecule has 0 aliphatic carbocycles. The molecule has 1 atom stereocenters. The largest absolute Gasteiger partial charge is 0.379 e. The molecule has 1 aliphatic rings. The topological polar surface area (TPSA) is 41.6 Å². The van der Waals surface area contributed by atoms with Crippen molar-refractivity contribution in [1.82, 2.24) is 10.2 Å². The fraction of sp³-hybridized carbons (Fsp3) is 0.632. The van der Waals surface area contributed by atoms with E-state index in [0.717, 1.165) is 44.0 Å². The fourth-order valence-corrected chi connectivity index (χ4v) is 3.64. The normalized spacial score (nSPS) is 17.0. The molecule has 0 spiro atoms. The molecular weight excluding hydrogens is 320 g/mol. The van der Waals surface area contributed by atoms with E-state index in [1.54, 1.807) is 11.8 Å². The number of amides is 1. The van der Waals surface area contributed by atoms with Gasteiger partial charge in [-0.15, -0.1) is 0 Å². The standard InChI is InChI=1S/C19H30N2O2S/c1-15(2)11-18(21-7-9-23-10-8-21)13-20-19(22)17-6-4-5-16(12-17)14-24-3/h4-6,12,15,18H,7-11,13-14H2,1-3H3,(H,20,22). The Morgan fingerprint density at radius 3 is 2.75 bits per heavy atom. The summed E-state index contributed by atoms with van der Waals surface area (Å²) in [6.07, 6.45) is 3.17. The molecule has 1 fully saturated rings. The second-order valence-electron chi connectivity index (χ2n) is 6.78. The zero-order valence-corrected chi connectivity index (χ0v) is 15.9. The van der Waals surface area contributed by atoms with E-state index >= 15 is 0 Å². The second-order valence-corrected chi connectivity index (χ2v) is 7.64. The molecule has 0 saturated carbocycles. The Balaban J connectivity index is 1.94. The number of hydrogen-bond donors (Lipinski definition) is 1. The third-order valence-electron chi connectivity index (χ3n) is 4.30. The van der Waals surface area contributed by atoms with Gasteiger partial charge in [-0.2, -0.15) is 11.8 Å². The van der Waals surface area contributed by atoms with E-state index in [-0.39, 0.29) is 5.91 Å². The zero-order valence-electron chi connectivity index (χ0n) is 15.1. The van der Waals surface area contributed by atoms with Gasteiger partial charge < -0.3 is 10.1 Å². The first-order chi connectivity index (χ1) is 11.6. The van der Waals surface area contributed by atoms with Gasteiger partial charge in [0.15, 0.2) is 0 Å². The number of ether oxygens (including phenoxy) is 1. The molecule has 0 aromatic heterocycles. The summed E-state index contributed by atoms with van der Waals surface area (Å²) in [6.45, 7) is 8.66. The van der Waals surface area contributed by atoms with Crippen LogP contribution in [0.4, 0.5) is 0 Å². The molecule has 1 aliphatic heterocycles. The summed E-state index contributed by atoms with van der Waals surface area (Å²) in [7, 11) is 0. The summed E-state index contributed by atoms with van der Waals surface area (Å²) in [5.74, 6) is 1.57. The highest BCUT2D eigenvalue weighted by Crippen LogP contribution is 2.14. The van der Waals surface area contributed by atoms with Crippen LogP contribution in [-0.4, -0.2) is 56.0 Å². The van der Waals surface area contributed by atoms with Gasteiger partial charge in [0, 0.05) is 37.0 Å². The minimum absolute atomic E-state index is 0.0277. The Morgan fingerprint density at radius 2 is 2.08 bits per heavy atom. The zero-order chi connectivity index (χ0) is 17.4. The minimum atomic E-state index is 0.0277. The first-order valence-corrected chi connectivity index (χ1v) is 10.2. The Labute approximate surface area is 150 Å². The first-order valence-electron chi connectivity index (χ1n) is 8.78. The van der Waals surface area contributed by atoms with Crippen LogP contribution in [0.1, 0.15) is 36.2 Å². The van der Waals surface area contributed by atoms with E-state index in [1.165, 1.54) is 5.56 Å². The van der Waals surface area contributed by atoms with Crippen LogP contribution in [0.25, 0.3) is 0 Å². The number of thioether (sulfide) groups is 1. The lowest BCUT2D eigenvalue weighted by atomic mass is 10.0. The maximum atomic E-state index is 12.5. The number of rotatable bonds is 8. The lowest BCUT2D eigenvalue weighted by Gasteiger charge is -2.35. The van der Waals surface area contributed by atoms with Crippen molar-refractivity contribution in [3.63, 3.8) is 0 Å². The van der Waals surface area contributed by atoms with Crippen molar-refractivity contribution >= 4 is 17.7 Å². The van der Waals surface area contributed by atoms with Gasteiger partial charge in [-0.3, -0.25) is 9.69 Å². The molecule has 2 rings (SSSR count). The molecule has 1 unspecified atom stereocenters. The predicted octanol–water partition coefficient (Wildman–Crippen LogP) is 3.03. The molecule has 1 heterocycles. The van der Waals surface area contributed by atoms with Crippen LogP contribution in [0.15, 0.2) is 24.3 Å². The third-order valence-corrected chi connectivity index (χ3v) is 4.93. The lowest BCUT2D eigenvalue weighted by Crippen LogP contribution is -2.49. The number of hydrogen-bond acceptors (Lipinski definition) is 4. The summed E-state index contributed by atoms with van der Waals surface area (Å²) in [5, 5.41) is 3.14. The SMILES string of the molecule is CSCc1cccc(C(=O)NCC(CC(C)C)N2CCOCC2)c1. The van der Waals surface area contributed by atoms with Gasteiger partial charge in [-0.05, 0) is 36.3 Å². The molecule has 0 radical (unpaired) electrons. The highest BCUT2D eigenvalue weighted by atomic mass is 32.2. The molecule has 0 bridgehead atoms. The van der Waals surface area contributed by atoms with Crippen molar-refractivity contribution in [3.8, 4) is 0 Å². The van der Waals surface area contributed by atoms with Crippen LogP contribution < -0.4 is 5.32 Å². The quantitative estimate of drug-likeness (QED) is 0.782. The summed E-state index contributed by atoms with van der Waals surface area (Å²) >= 11 is 1.77. The molecule has 24 heavy (non-hydrogen) atoms. The average molecular weight is 351 g/mol. The predicted molar refractivity (Wildman–Crippen MR) is 102 cm³/mol. The number of morpholine rings is 1. The van der Waals surface area contributed by atoms with Crippen molar-refractivity contribution in [2.24, 2.45) is 5.92 Å². The van der Waals surface area contributed by atoms with Crippen molar-refractivity contribution in [3.05, 3.63) is 35.4 Å². The third kappa shape index (κ3) is 6.11. The van der Waals surface area contributed by atoms with E-state index in [2.05, 4.69) is 36.4 Å². The van der Waals surface area contributed by atoms with E-state index in [1.807, 2.05) is 18.2 Å². The van der Waals surface area contributed by atoms with Gasteiger partial charge in [-0.25, -0.2) is 0 Å². The van der Waals surface area contributed by atoms with Crippen molar-refractivity contribution in [1.29, 1.82) is 0 Å². The van der Waals surface area contributed by atoms with Crippen molar-refractivity contribution in [2.45, 2.75) is 32.1 Å². The van der Waals surface area contributed by atoms with E-state index in [9.17, 15) is 4.79 Å². The highest BCUT2D eigenvalue weighted by molar-refractivity contribution is 7.97. The van der Waals surface area contributed by atoms with Gasteiger partial charge in [0.1, 0.15) is 0 Å². The van der Waals surface area contributed by atoms with Gasteiger partial charge in [-0.1, -0.05) is 26.0 Å². The van der Waals surface area contributed by atoms with Gasteiger partial charge in [0.2, 0.25) is 0 Å². The summed E-state index contributed by atoms with van der Waals surface area (Å²) in [5.41, 5.74) is 1.95. The maximum Gasteiger partial charge on any atom is 0.251 e. The lowest BCUT2D eigenvalue weighted by molar-refractivity contribution is 0.0124. The fourth-order valence-electron chi connectivity index (χ4n) is 3.13. The van der Waals surface area contributed by atoms with Crippen LogP contribution >= 0.6 is 11.8 Å². The highest BCUT2D eigenvalue weighted by Gasteiger charge is 2.22. The first kappa shape index (κ1) is 19.3. The van der Waals surface area contributed by atoms with Crippen LogP contribution in [0.2, 0.25) is 0 Å². The van der Waals surface area contributed by atoms with E-state index in [0.29, 0.717) is 18.5 Å². The number of benzene rings is 1. The molecule has 1 aromatic rings. The smallest absolute Gasteiger partial charge is 0.251 e. The van der Waals surface area contributed by atoms with Crippen molar-refractivity contribution in [2.75, 3.05) is 39.1 Å². The van der Waals surface area contributed by atoms with Crippen molar-refractivity contribution < 1.29 is 9.53 Å². The molecule has 5 heteroatoms. The van der Waals surface area contributed by atoms with E-state index < -0.39 is 0 Å². The van der Waals surface area contributed by atoms with Crippen LogP contribution in [0, 0.1) is 5.92 Å².